The maximum atomic E-state index is 12.6. The fourth-order valence-electron chi connectivity index (χ4n) is 3.79. The molecule has 7 nitrogen and oxygen atoms in total. The molecule has 3 heterocycles. The van der Waals surface area contributed by atoms with Gasteiger partial charge in [0, 0.05) is 56.5 Å². The lowest BCUT2D eigenvalue weighted by Crippen LogP contribution is -2.29. The molecule has 8 heteroatoms. The monoisotopic (exact) mass is 427 g/mol. The number of amides is 1. The van der Waals surface area contributed by atoms with E-state index in [-0.39, 0.29) is 11.8 Å². The molecule has 0 bridgehead atoms. The lowest BCUT2D eigenvalue weighted by atomic mass is 10.0. The molecular formula is C22H26ClN5O2. The largest absolute Gasteiger partial charge is 0.492 e. The zero-order chi connectivity index (χ0) is 20.9. The molecule has 3 aromatic rings. The van der Waals surface area contributed by atoms with E-state index in [1.165, 1.54) is 0 Å². The van der Waals surface area contributed by atoms with Crippen LogP contribution in [0.3, 0.4) is 0 Å². The highest BCUT2D eigenvalue weighted by Gasteiger charge is 2.28. The van der Waals surface area contributed by atoms with E-state index in [1.807, 2.05) is 46.9 Å². The molecular weight excluding hydrogens is 402 g/mol. The minimum atomic E-state index is 0.189. The first-order valence-corrected chi connectivity index (χ1v) is 10.6. The van der Waals surface area contributed by atoms with E-state index in [4.69, 9.17) is 16.3 Å². The van der Waals surface area contributed by atoms with Crippen LogP contribution in [0, 0.1) is 6.92 Å². The van der Waals surface area contributed by atoms with Gasteiger partial charge in [0.1, 0.15) is 11.6 Å². The Morgan fingerprint density at radius 2 is 2.23 bits per heavy atom. The maximum absolute atomic E-state index is 12.6. The van der Waals surface area contributed by atoms with Crippen LogP contribution in [0.15, 0.2) is 42.7 Å². The molecule has 0 unspecified atom stereocenters. The molecule has 0 radical (unpaired) electrons. The van der Waals surface area contributed by atoms with Gasteiger partial charge in [0.25, 0.3) is 0 Å². The van der Waals surface area contributed by atoms with E-state index in [1.54, 1.807) is 6.20 Å². The molecule has 0 aliphatic carbocycles. The van der Waals surface area contributed by atoms with Crippen molar-refractivity contribution in [3.63, 3.8) is 0 Å². The smallest absolute Gasteiger partial charge is 0.224 e. The fraction of sp³-hybridized carbons (Fsp3) is 0.409. The standard InChI is InChI=1S/C22H26ClN5O2/c1-16-24-9-12-27(16)11-7-22(29)28-10-6-17(15-28)20-14-18(25-26-20)8-13-30-21-5-3-2-4-19(21)23/h2-5,9,12,14,17H,6-8,10-11,13,15H2,1H3,(H,25,26)/t17-/m1/s1. The topological polar surface area (TPSA) is 76.0 Å². The van der Waals surface area contributed by atoms with Crippen molar-refractivity contribution in [3.8, 4) is 5.75 Å². The first-order chi connectivity index (χ1) is 14.6. The van der Waals surface area contributed by atoms with E-state index in [0.29, 0.717) is 30.3 Å². The molecule has 0 saturated carbocycles. The highest BCUT2D eigenvalue weighted by Crippen LogP contribution is 2.27. The quantitative estimate of drug-likeness (QED) is 0.596. The Balaban J connectivity index is 1.24. The third kappa shape index (κ3) is 4.84. The van der Waals surface area contributed by atoms with Crippen molar-refractivity contribution in [2.24, 2.45) is 0 Å². The number of H-pyrrole nitrogens is 1. The third-order valence-electron chi connectivity index (χ3n) is 5.57. The summed E-state index contributed by atoms with van der Waals surface area (Å²) in [5.74, 6) is 2.09. The molecule has 158 valence electrons. The zero-order valence-corrected chi connectivity index (χ0v) is 17.8. The number of halogens is 1. The zero-order valence-electron chi connectivity index (χ0n) is 17.1. The molecule has 1 aromatic carbocycles. The summed E-state index contributed by atoms with van der Waals surface area (Å²) in [7, 11) is 0. The van der Waals surface area contributed by atoms with Crippen molar-refractivity contribution in [1.29, 1.82) is 0 Å². The number of rotatable bonds is 8. The molecule has 1 aliphatic rings. The Labute approximate surface area is 181 Å². The molecule has 1 N–H and O–H groups in total. The van der Waals surface area contributed by atoms with E-state index >= 15 is 0 Å². The number of hydrogen-bond donors (Lipinski definition) is 1. The summed E-state index contributed by atoms with van der Waals surface area (Å²) in [6.07, 6.45) is 5.83. The van der Waals surface area contributed by atoms with E-state index in [9.17, 15) is 4.79 Å². The van der Waals surface area contributed by atoms with Crippen LogP contribution in [0.2, 0.25) is 5.02 Å². The Hall–Kier alpha value is -2.80. The van der Waals surface area contributed by atoms with Crippen LogP contribution in [0.4, 0.5) is 0 Å². The highest BCUT2D eigenvalue weighted by atomic mass is 35.5. The summed E-state index contributed by atoms with van der Waals surface area (Å²) in [5, 5.41) is 8.19. The number of carbonyl (C=O) groups excluding carboxylic acids is 1. The summed E-state index contributed by atoms with van der Waals surface area (Å²) >= 11 is 6.11. The molecule has 4 rings (SSSR count). The van der Waals surface area contributed by atoms with Crippen LogP contribution in [-0.4, -0.2) is 50.3 Å². The second kappa shape index (κ2) is 9.34. The number of para-hydroxylation sites is 1. The van der Waals surface area contributed by atoms with Crippen molar-refractivity contribution in [2.45, 2.75) is 38.6 Å². The highest BCUT2D eigenvalue weighted by molar-refractivity contribution is 6.32. The number of nitrogens with zero attached hydrogens (tertiary/aromatic N) is 4. The normalized spacial score (nSPS) is 16.2. The van der Waals surface area contributed by atoms with Crippen molar-refractivity contribution < 1.29 is 9.53 Å². The van der Waals surface area contributed by atoms with Gasteiger partial charge in [-0.15, -0.1) is 0 Å². The first kappa shape index (κ1) is 20.5. The van der Waals surface area contributed by atoms with Gasteiger partial charge in [-0.2, -0.15) is 5.10 Å². The third-order valence-corrected chi connectivity index (χ3v) is 5.88. The van der Waals surface area contributed by atoms with E-state index < -0.39 is 0 Å². The number of aryl methyl sites for hydroxylation is 2. The van der Waals surface area contributed by atoms with Gasteiger partial charge in [-0.1, -0.05) is 23.7 Å². The van der Waals surface area contributed by atoms with Gasteiger partial charge in [0.05, 0.1) is 17.3 Å². The average molecular weight is 428 g/mol. The fourth-order valence-corrected chi connectivity index (χ4v) is 3.98. The van der Waals surface area contributed by atoms with Gasteiger partial charge in [0.15, 0.2) is 0 Å². The van der Waals surface area contributed by atoms with Crippen molar-refractivity contribution in [2.75, 3.05) is 19.7 Å². The number of nitrogens with one attached hydrogen (secondary N) is 1. The molecule has 0 spiro atoms. The van der Waals surface area contributed by atoms with Crippen molar-refractivity contribution in [1.82, 2.24) is 24.6 Å². The van der Waals surface area contributed by atoms with Crippen LogP contribution >= 0.6 is 11.6 Å². The van der Waals surface area contributed by atoms with Crippen LogP contribution < -0.4 is 4.74 Å². The second-order valence-electron chi connectivity index (χ2n) is 7.59. The van der Waals surface area contributed by atoms with Crippen molar-refractivity contribution in [3.05, 3.63) is 65.0 Å². The Morgan fingerprint density at radius 1 is 1.37 bits per heavy atom. The predicted octanol–water partition coefficient (Wildman–Crippen LogP) is 3.60. The SMILES string of the molecule is Cc1nccn1CCC(=O)N1CC[C@@H](c2cc(CCOc3ccccc3Cl)[nH]n2)C1. The number of aromatic nitrogens is 4. The molecule has 1 saturated heterocycles. The Kier molecular flexibility index (Phi) is 6.38. The number of aromatic amines is 1. The molecule has 1 aliphatic heterocycles. The second-order valence-corrected chi connectivity index (χ2v) is 8.00. The molecule has 1 amide bonds. The molecule has 1 fully saturated rings. The molecule has 30 heavy (non-hydrogen) atoms. The van der Waals surface area contributed by atoms with Crippen LogP contribution in [0.5, 0.6) is 5.75 Å². The number of imidazole rings is 1. The maximum Gasteiger partial charge on any atom is 0.224 e. The van der Waals surface area contributed by atoms with Gasteiger partial charge in [-0.25, -0.2) is 4.98 Å². The number of carbonyl (C=O) groups is 1. The number of ether oxygens (including phenoxy) is 1. The summed E-state index contributed by atoms with van der Waals surface area (Å²) in [6, 6.07) is 9.54. The van der Waals surface area contributed by atoms with Gasteiger partial charge in [-0.3, -0.25) is 9.89 Å². The van der Waals surface area contributed by atoms with E-state index in [2.05, 4.69) is 21.2 Å². The number of hydrogen-bond acceptors (Lipinski definition) is 4. The van der Waals surface area contributed by atoms with Crippen LogP contribution in [0.25, 0.3) is 0 Å². The molecule has 2 aromatic heterocycles. The summed E-state index contributed by atoms with van der Waals surface area (Å²) in [5.41, 5.74) is 2.04. The predicted molar refractivity (Wildman–Crippen MR) is 115 cm³/mol. The Morgan fingerprint density at radius 3 is 3.03 bits per heavy atom. The van der Waals surface area contributed by atoms with Crippen LogP contribution in [-0.2, 0) is 17.8 Å². The average Bonchev–Trinajstić information content (AvgIpc) is 3.48. The van der Waals surface area contributed by atoms with Gasteiger partial charge in [-0.05, 0) is 31.5 Å². The molecule has 1 atom stereocenters. The van der Waals surface area contributed by atoms with Gasteiger partial charge >= 0.3 is 0 Å². The number of likely N-dealkylation sites (tertiary alicyclic amines) is 1. The van der Waals surface area contributed by atoms with E-state index in [0.717, 1.165) is 43.1 Å². The first-order valence-electron chi connectivity index (χ1n) is 10.3. The minimum Gasteiger partial charge on any atom is -0.492 e. The van der Waals surface area contributed by atoms with Crippen LogP contribution in [0.1, 0.15) is 36.0 Å². The summed E-state index contributed by atoms with van der Waals surface area (Å²) in [6.45, 7) is 4.65. The lowest BCUT2D eigenvalue weighted by Gasteiger charge is -2.16. The summed E-state index contributed by atoms with van der Waals surface area (Å²) in [4.78, 5) is 18.7. The van der Waals surface area contributed by atoms with Crippen molar-refractivity contribution >= 4 is 17.5 Å². The van der Waals surface area contributed by atoms with Gasteiger partial charge < -0.3 is 14.2 Å². The summed E-state index contributed by atoms with van der Waals surface area (Å²) < 4.78 is 7.76. The minimum absolute atomic E-state index is 0.189. The lowest BCUT2D eigenvalue weighted by molar-refractivity contribution is -0.130. The van der Waals surface area contributed by atoms with Gasteiger partial charge in [0.2, 0.25) is 5.91 Å². The Bertz CT molecular complexity index is 999. The number of benzene rings is 1.